The van der Waals surface area contributed by atoms with Crippen LogP contribution in [-0.2, 0) is 4.79 Å². The summed E-state index contributed by atoms with van der Waals surface area (Å²) in [6.45, 7) is 5.56. The highest BCUT2D eigenvalue weighted by molar-refractivity contribution is 5.83. The van der Waals surface area contributed by atoms with Crippen molar-refractivity contribution in [3.8, 4) is 0 Å². The van der Waals surface area contributed by atoms with Gasteiger partial charge in [-0.3, -0.25) is 10.2 Å². The number of hydrogen-bond acceptors (Lipinski definition) is 3. The Labute approximate surface area is 77.1 Å². The smallest absolute Gasteiger partial charge is 0.238 e. The van der Waals surface area contributed by atoms with E-state index in [0.717, 1.165) is 6.42 Å². The number of nitrogens with one attached hydrogen (secondary N) is 1. The van der Waals surface area contributed by atoms with E-state index in [4.69, 9.17) is 0 Å². The molecule has 0 radical (unpaired) electrons. The van der Waals surface area contributed by atoms with E-state index >= 15 is 0 Å². The quantitative estimate of drug-likeness (QED) is 0.751. The molecule has 1 aromatic heterocycles. The van der Waals surface area contributed by atoms with Crippen LogP contribution in [0.1, 0.15) is 31.4 Å². The third kappa shape index (κ3) is 2.27. The van der Waals surface area contributed by atoms with Crippen LogP contribution in [0.15, 0.2) is 0 Å². The molecule has 0 spiro atoms. The fourth-order valence-corrected chi connectivity index (χ4v) is 1.04. The number of carbonyl (C=O) groups excluding carboxylic acids is 1. The molecule has 5 heteroatoms. The summed E-state index contributed by atoms with van der Waals surface area (Å²) < 4.78 is 1.60. The fraction of sp³-hybridized carbons (Fsp3) is 0.625. The molecule has 0 fully saturated rings. The maximum atomic E-state index is 11.2. The van der Waals surface area contributed by atoms with E-state index in [0.29, 0.717) is 18.1 Å². The molecular weight excluding hydrogens is 168 g/mol. The molecule has 0 bridgehead atoms. The van der Waals surface area contributed by atoms with Crippen molar-refractivity contribution in [1.82, 2.24) is 14.9 Å². The average Bonchev–Trinajstić information content (AvgIpc) is 2.36. The largest absolute Gasteiger partial charge is 0.273 e. The molecule has 5 nitrogen and oxygen atoms in total. The Hall–Kier alpha value is -1.39. The van der Waals surface area contributed by atoms with Gasteiger partial charge in [-0.2, -0.15) is 0 Å². The normalized spacial score (nSPS) is 10.1. The Balaban J connectivity index is 2.68. The Morgan fingerprint density at radius 3 is 2.38 bits per heavy atom. The van der Waals surface area contributed by atoms with E-state index in [2.05, 4.69) is 15.6 Å². The first kappa shape index (κ1) is 9.70. The number of aryl methyl sites for hydroxylation is 2. The summed E-state index contributed by atoms with van der Waals surface area (Å²) in [4.78, 5) is 11.2. The predicted molar refractivity (Wildman–Crippen MR) is 48.8 cm³/mol. The van der Waals surface area contributed by atoms with Crippen molar-refractivity contribution < 1.29 is 4.79 Å². The topological polar surface area (TPSA) is 59.8 Å². The molecule has 1 rings (SSSR count). The molecule has 0 saturated carbocycles. The van der Waals surface area contributed by atoms with Crippen LogP contribution in [0.25, 0.3) is 0 Å². The number of nitrogens with zero attached hydrogens (tertiary/aromatic N) is 3. The van der Waals surface area contributed by atoms with Crippen LogP contribution in [-0.4, -0.2) is 20.8 Å². The molecule has 1 heterocycles. The highest BCUT2D eigenvalue weighted by Crippen LogP contribution is 1.96. The van der Waals surface area contributed by atoms with Crippen LogP contribution in [0.5, 0.6) is 0 Å². The number of aromatic nitrogens is 3. The molecule has 0 aromatic carbocycles. The lowest BCUT2D eigenvalue weighted by atomic mass is 10.3. The Morgan fingerprint density at radius 2 is 1.92 bits per heavy atom. The van der Waals surface area contributed by atoms with Crippen LogP contribution < -0.4 is 5.43 Å². The van der Waals surface area contributed by atoms with Gasteiger partial charge in [0.2, 0.25) is 5.91 Å². The first-order chi connectivity index (χ1) is 6.15. The van der Waals surface area contributed by atoms with Gasteiger partial charge in [-0.25, -0.2) is 4.68 Å². The van der Waals surface area contributed by atoms with Crippen molar-refractivity contribution in [3.05, 3.63) is 11.6 Å². The van der Waals surface area contributed by atoms with Gasteiger partial charge >= 0.3 is 0 Å². The second-order valence-corrected chi connectivity index (χ2v) is 2.91. The number of hydrogen-bond donors (Lipinski definition) is 1. The van der Waals surface area contributed by atoms with E-state index in [1.165, 1.54) is 0 Å². The first-order valence-corrected chi connectivity index (χ1v) is 4.33. The van der Waals surface area contributed by atoms with E-state index in [9.17, 15) is 4.79 Å². The van der Waals surface area contributed by atoms with Crippen molar-refractivity contribution in [2.45, 2.75) is 33.6 Å². The van der Waals surface area contributed by atoms with Gasteiger partial charge in [0.05, 0.1) is 0 Å². The predicted octanol–water partition coefficient (Wildman–Crippen LogP) is 0.765. The molecule has 13 heavy (non-hydrogen) atoms. The zero-order valence-electron chi connectivity index (χ0n) is 8.16. The van der Waals surface area contributed by atoms with Gasteiger partial charge in [0.1, 0.15) is 11.6 Å². The molecule has 1 aromatic rings. The van der Waals surface area contributed by atoms with Gasteiger partial charge < -0.3 is 0 Å². The van der Waals surface area contributed by atoms with E-state index in [-0.39, 0.29) is 5.91 Å². The molecule has 0 aliphatic heterocycles. The lowest BCUT2D eigenvalue weighted by molar-refractivity contribution is -0.117. The summed E-state index contributed by atoms with van der Waals surface area (Å²) in [6, 6.07) is 0. The fourth-order valence-electron chi connectivity index (χ4n) is 1.04. The Bertz CT molecular complexity index is 286. The summed E-state index contributed by atoms with van der Waals surface area (Å²) in [7, 11) is 0. The standard InChI is InChI=1S/C8H14N4O/c1-4-5-8(13)11-12-6(2)9-10-7(12)3/h4-5H2,1-3H3,(H,11,13). The minimum Gasteiger partial charge on any atom is -0.273 e. The van der Waals surface area contributed by atoms with Crippen molar-refractivity contribution >= 4 is 5.91 Å². The van der Waals surface area contributed by atoms with Gasteiger partial charge in [-0.15, -0.1) is 10.2 Å². The maximum absolute atomic E-state index is 11.2. The van der Waals surface area contributed by atoms with Crippen molar-refractivity contribution in [3.63, 3.8) is 0 Å². The maximum Gasteiger partial charge on any atom is 0.238 e. The summed E-state index contributed by atoms with van der Waals surface area (Å²) in [5.41, 5.74) is 2.71. The summed E-state index contributed by atoms with van der Waals surface area (Å²) in [5, 5.41) is 7.66. The molecule has 72 valence electrons. The van der Waals surface area contributed by atoms with Gasteiger partial charge in [0, 0.05) is 6.42 Å². The zero-order chi connectivity index (χ0) is 9.84. The lowest BCUT2D eigenvalue weighted by Gasteiger charge is -2.07. The second kappa shape index (κ2) is 4.02. The monoisotopic (exact) mass is 182 g/mol. The first-order valence-electron chi connectivity index (χ1n) is 4.33. The summed E-state index contributed by atoms with van der Waals surface area (Å²) >= 11 is 0. The minimum absolute atomic E-state index is 0.00602. The van der Waals surface area contributed by atoms with Gasteiger partial charge in [0.15, 0.2) is 0 Å². The number of carbonyl (C=O) groups is 1. The Morgan fingerprint density at radius 1 is 1.38 bits per heavy atom. The molecule has 0 aliphatic rings. The summed E-state index contributed by atoms with van der Waals surface area (Å²) in [5.74, 6) is 1.39. The molecule has 1 amide bonds. The summed E-state index contributed by atoms with van der Waals surface area (Å²) in [6.07, 6.45) is 1.36. The molecule has 0 aliphatic carbocycles. The molecule has 1 N–H and O–H groups in total. The van der Waals surface area contributed by atoms with E-state index in [1.54, 1.807) is 18.5 Å². The molecule has 0 unspecified atom stereocenters. The van der Waals surface area contributed by atoms with Crippen LogP contribution in [0, 0.1) is 13.8 Å². The number of rotatable bonds is 3. The average molecular weight is 182 g/mol. The SMILES string of the molecule is CCCC(=O)Nn1c(C)nnc1C. The van der Waals surface area contributed by atoms with Crippen molar-refractivity contribution in [2.75, 3.05) is 5.43 Å². The molecule has 0 atom stereocenters. The van der Waals surface area contributed by atoms with Gasteiger partial charge in [-0.1, -0.05) is 6.92 Å². The lowest BCUT2D eigenvalue weighted by Crippen LogP contribution is -2.24. The van der Waals surface area contributed by atoms with Crippen molar-refractivity contribution in [1.29, 1.82) is 0 Å². The third-order valence-electron chi connectivity index (χ3n) is 1.70. The molecular formula is C8H14N4O. The highest BCUT2D eigenvalue weighted by Gasteiger charge is 2.06. The minimum atomic E-state index is -0.00602. The van der Waals surface area contributed by atoms with E-state index < -0.39 is 0 Å². The van der Waals surface area contributed by atoms with Crippen LogP contribution in [0.4, 0.5) is 0 Å². The number of amides is 1. The van der Waals surface area contributed by atoms with Crippen LogP contribution in [0.3, 0.4) is 0 Å². The second-order valence-electron chi connectivity index (χ2n) is 2.91. The van der Waals surface area contributed by atoms with Gasteiger partial charge in [-0.05, 0) is 20.3 Å². The Kier molecular flexibility index (Phi) is 3.00. The van der Waals surface area contributed by atoms with Crippen LogP contribution >= 0.6 is 0 Å². The zero-order valence-corrected chi connectivity index (χ0v) is 8.16. The highest BCUT2D eigenvalue weighted by atomic mass is 16.2. The van der Waals surface area contributed by atoms with Gasteiger partial charge in [0.25, 0.3) is 0 Å². The van der Waals surface area contributed by atoms with E-state index in [1.807, 2.05) is 6.92 Å². The molecule has 0 saturated heterocycles. The van der Waals surface area contributed by atoms with Crippen LogP contribution in [0.2, 0.25) is 0 Å². The van der Waals surface area contributed by atoms with Crippen molar-refractivity contribution in [2.24, 2.45) is 0 Å². The third-order valence-corrected chi connectivity index (χ3v) is 1.70.